The van der Waals surface area contributed by atoms with Crippen molar-refractivity contribution in [2.75, 3.05) is 0 Å². The molecule has 1 fully saturated rings. The minimum atomic E-state index is -1.69. The van der Waals surface area contributed by atoms with E-state index in [1.54, 1.807) is 0 Å². The number of hydrogen-bond donors (Lipinski definition) is 0. The van der Waals surface area contributed by atoms with Crippen molar-refractivity contribution in [1.29, 1.82) is 0 Å². The van der Waals surface area contributed by atoms with E-state index in [0.29, 0.717) is 12.8 Å². The molecule has 0 bridgehead atoms. The predicted octanol–water partition coefficient (Wildman–Crippen LogP) is -7.95. The molecule has 0 spiro atoms. The number of rotatable bonds is 2. The van der Waals surface area contributed by atoms with Gasteiger partial charge in [-0.05, 0) is 12.8 Å². The molecule has 13 heavy (non-hydrogen) atoms. The molecule has 0 radical (unpaired) electrons. The molecule has 62 valence electrons. The fraction of sp³-hybridized carbons (Fsp3) is 0.714. The summed E-state index contributed by atoms with van der Waals surface area (Å²) in [5.74, 6) is -3.01. The molecule has 0 aliphatic heterocycles. The van der Waals surface area contributed by atoms with Gasteiger partial charge in [0.2, 0.25) is 0 Å². The second-order valence-electron chi connectivity index (χ2n) is 2.86. The Morgan fingerprint density at radius 2 is 1.23 bits per heavy atom. The average molecular weight is 234 g/mol. The van der Waals surface area contributed by atoms with E-state index in [4.69, 9.17) is 0 Å². The smallest absolute Gasteiger partial charge is 0.549 e. The van der Waals surface area contributed by atoms with E-state index in [9.17, 15) is 19.8 Å². The molecule has 0 N–H and O–H groups in total. The molecule has 1 aliphatic rings. The molecule has 1 saturated carbocycles. The van der Waals surface area contributed by atoms with Crippen molar-refractivity contribution in [3.63, 3.8) is 0 Å². The van der Waals surface area contributed by atoms with Crippen LogP contribution in [-0.2, 0) is 9.59 Å². The topological polar surface area (TPSA) is 80.3 Å². The number of hydrogen-bond acceptors (Lipinski definition) is 4. The summed E-state index contributed by atoms with van der Waals surface area (Å²) in [6.07, 6.45) is 1.55. The summed E-state index contributed by atoms with van der Waals surface area (Å²) in [6.45, 7) is 0. The Hall–Kier alpha value is 2.21. The van der Waals surface area contributed by atoms with Gasteiger partial charge in [0, 0.05) is 5.41 Å². The first-order valence-corrected chi connectivity index (χ1v) is 3.52. The summed E-state index contributed by atoms with van der Waals surface area (Å²) in [4.78, 5) is 20.9. The van der Waals surface area contributed by atoms with E-state index in [1.165, 1.54) is 0 Å². The zero-order valence-corrected chi connectivity index (χ0v) is 14.2. The molecule has 0 aromatic carbocycles. The van der Waals surface area contributed by atoms with Gasteiger partial charge < -0.3 is 19.8 Å². The van der Waals surface area contributed by atoms with Crippen LogP contribution in [0.2, 0.25) is 0 Å². The third-order valence-electron chi connectivity index (χ3n) is 2.24. The second-order valence-corrected chi connectivity index (χ2v) is 2.86. The fourth-order valence-corrected chi connectivity index (χ4v) is 1.47. The third-order valence-corrected chi connectivity index (χ3v) is 2.24. The van der Waals surface area contributed by atoms with Crippen LogP contribution in [-0.4, -0.2) is 11.9 Å². The van der Waals surface area contributed by atoms with Crippen LogP contribution in [0.5, 0.6) is 0 Å². The molecule has 0 atom stereocenters. The van der Waals surface area contributed by atoms with Crippen molar-refractivity contribution in [2.45, 2.75) is 25.7 Å². The maximum absolute atomic E-state index is 10.4. The zero-order chi connectivity index (χ0) is 8.48. The largest absolute Gasteiger partial charge is 1.00 e. The van der Waals surface area contributed by atoms with Crippen LogP contribution in [0.15, 0.2) is 0 Å². The van der Waals surface area contributed by atoms with Crippen molar-refractivity contribution >= 4 is 11.9 Å². The number of carbonyl (C=O) groups excluding carboxylic acids is 2. The molecule has 6 heteroatoms. The molecular weight excluding hydrogens is 226 g/mol. The van der Waals surface area contributed by atoms with Crippen molar-refractivity contribution < 1.29 is 123 Å². The normalized spacial score (nSPS) is 18.2. The van der Waals surface area contributed by atoms with Crippen LogP contribution in [0, 0.1) is 5.41 Å². The number of carboxylic acids is 2. The maximum atomic E-state index is 10.4. The average Bonchev–Trinajstić information content (AvgIpc) is 2.34. The Balaban J connectivity index is 0. The molecule has 0 saturated heterocycles. The van der Waals surface area contributed by atoms with Crippen molar-refractivity contribution in [3.05, 3.63) is 0 Å². The number of carbonyl (C=O) groups is 2. The summed E-state index contributed by atoms with van der Waals surface area (Å²) in [7, 11) is 0. The maximum Gasteiger partial charge on any atom is 1.00 e. The van der Waals surface area contributed by atoms with Crippen LogP contribution in [0.25, 0.3) is 0 Å². The SMILES string of the molecule is O=C([O-])C1(C(=O)[O-])CCCC1.[K+].[K+]. The van der Waals surface area contributed by atoms with Gasteiger partial charge in [0.05, 0.1) is 11.9 Å². The van der Waals surface area contributed by atoms with Gasteiger partial charge in [-0.3, -0.25) is 0 Å². The first kappa shape index (κ1) is 17.6. The Morgan fingerprint density at radius 3 is 1.38 bits per heavy atom. The van der Waals surface area contributed by atoms with Crippen molar-refractivity contribution in [3.8, 4) is 0 Å². The quantitative estimate of drug-likeness (QED) is 0.351. The van der Waals surface area contributed by atoms with Crippen molar-refractivity contribution in [2.24, 2.45) is 5.41 Å². The summed E-state index contributed by atoms with van der Waals surface area (Å²) in [5, 5.41) is 20.9. The van der Waals surface area contributed by atoms with Crippen LogP contribution in [0.3, 0.4) is 0 Å². The fourth-order valence-electron chi connectivity index (χ4n) is 1.47. The van der Waals surface area contributed by atoms with Gasteiger partial charge >= 0.3 is 103 Å². The molecule has 0 amide bonds. The molecule has 0 aromatic rings. The number of carboxylic acid groups (broad SMARTS) is 2. The molecule has 0 aromatic heterocycles. The molecule has 0 heterocycles. The van der Waals surface area contributed by atoms with Gasteiger partial charge in [-0.2, -0.15) is 0 Å². The van der Waals surface area contributed by atoms with Gasteiger partial charge in [0.25, 0.3) is 0 Å². The Bertz CT molecular complexity index is 183. The Labute approximate surface area is 162 Å². The minimum Gasteiger partial charge on any atom is -0.549 e. The summed E-state index contributed by atoms with van der Waals surface area (Å²) < 4.78 is 0. The first-order chi connectivity index (χ1) is 5.09. The molecule has 1 aliphatic carbocycles. The van der Waals surface area contributed by atoms with E-state index < -0.39 is 17.4 Å². The standard InChI is InChI=1S/C7H10O4.2K/c8-5(9)7(6(10)11)3-1-2-4-7;;/h1-4H2,(H,8,9)(H,10,11);;/q;2*+1/p-2. The molecule has 1 rings (SSSR count). The van der Waals surface area contributed by atoms with Crippen LogP contribution in [0.1, 0.15) is 25.7 Å². The first-order valence-electron chi connectivity index (χ1n) is 3.52. The summed E-state index contributed by atoms with van der Waals surface area (Å²) in [6, 6.07) is 0. The Kier molecular flexibility index (Phi) is 10.1. The second kappa shape index (κ2) is 7.48. The molecular formula is C7H8K2O4. The molecule has 4 nitrogen and oxygen atoms in total. The van der Waals surface area contributed by atoms with Gasteiger partial charge in [-0.25, -0.2) is 0 Å². The van der Waals surface area contributed by atoms with Gasteiger partial charge in [0.1, 0.15) is 0 Å². The predicted molar refractivity (Wildman–Crippen MR) is 30.9 cm³/mol. The van der Waals surface area contributed by atoms with Gasteiger partial charge in [-0.15, -0.1) is 0 Å². The van der Waals surface area contributed by atoms with E-state index in [0.717, 1.165) is 0 Å². The van der Waals surface area contributed by atoms with Crippen LogP contribution in [0.4, 0.5) is 0 Å². The number of aliphatic carboxylic acids is 2. The summed E-state index contributed by atoms with van der Waals surface area (Å²) in [5.41, 5.74) is -1.69. The zero-order valence-electron chi connectivity index (χ0n) is 7.96. The summed E-state index contributed by atoms with van der Waals surface area (Å²) >= 11 is 0. The van der Waals surface area contributed by atoms with Crippen molar-refractivity contribution in [1.82, 2.24) is 0 Å². The monoisotopic (exact) mass is 234 g/mol. The van der Waals surface area contributed by atoms with Crippen LogP contribution >= 0.6 is 0 Å². The Morgan fingerprint density at radius 1 is 0.923 bits per heavy atom. The van der Waals surface area contributed by atoms with E-state index in [2.05, 4.69) is 0 Å². The van der Waals surface area contributed by atoms with E-state index in [-0.39, 0.29) is 116 Å². The minimum absolute atomic E-state index is 0. The molecule has 0 unspecified atom stereocenters. The van der Waals surface area contributed by atoms with E-state index in [1.807, 2.05) is 0 Å². The third kappa shape index (κ3) is 3.93. The van der Waals surface area contributed by atoms with E-state index >= 15 is 0 Å². The van der Waals surface area contributed by atoms with Crippen LogP contribution < -0.4 is 113 Å². The van der Waals surface area contributed by atoms with Gasteiger partial charge in [0.15, 0.2) is 0 Å². The van der Waals surface area contributed by atoms with Gasteiger partial charge in [-0.1, -0.05) is 12.8 Å².